The quantitative estimate of drug-likeness (QED) is 0.593. The van der Waals surface area contributed by atoms with Crippen molar-refractivity contribution < 1.29 is 13.2 Å². The maximum atomic E-state index is 11.2. The zero-order valence-electron chi connectivity index (χ0n) is 7.77. The fourth-order valence-electron chi connectivity index (χ4n) is 1.02. The fourth-order valence-corrected chi connectivity index (χ4v) is 1.47. The number of thiol groups is 1. The largest absolute Gasteiger partial charge is 0.294 e. The number of pyridine rings is 1. The Morgan fingerprint density at radius 3 is 2.57 bits per heavy atom. The van der Waals surface area contributed by atoms with Crippen molar-refractivity contribution in [2.45, 2.75) is 19.1 Å². The van der Waals surface area contributed by atoms with E-state index in [1.54, 1.807) is 19.1 Å². The highest BCUT2D eigenvalue weighted by atomic mass is 32.2. The monoisotopic (exact) mass is 213 g/mol. The van der Waals surface area contributed by atoms with Gasteiger partial charge in [-0.05, 0) is 12.1 Å². The van der Waals surface area contributed by atoms with Gasteiger partial charge in [0.25, 0.3) is 0 Å². The highest BCUT2D eigenvalue weighted by Crippen LogP contribution is 2.04. The van der Waals surface area contributed by atoms with E-state index in [1.807, 2.05) is 0 Å². The van der Waals surface area contributed by atoms with E-state index < -0.39 is 10.7 Å². The van der Waals surface area contributed by atoms with Gasteiger partial charge in [-0.15, -0.1) is 0 Å². The second kappa shape index (κ2) is 4.85. The molecular formula is C9H11NO3S. The number of hydrogen-bond donors (Lipinski definition) is 1. The number of carbonyl (C=O) groups is 1. The van der Waals surface area contributed by atoms with Crippen LogP contribution in [0, 0.1) is 0 Å². The lowest BCUT2D eigenvalue weighted by molar-refractivity contribution is 0.0988. The van der Waals surface area contributed by atoms with Crippen LogP contribution < -0.4 is 0 Å². The zero-order chi connectivity index (χ0) is 10.6. The summed E-state index contributed by atoms with van der Waals surface area (Å²) >= 11 is 0. The van der Waals surface area contributed by atoms with Gasteiger partial charge in [-0.3, -0.25) is 9.78 Å². The van der Waals surface area contributed by atoms with E-state index in [9.17, 15) is 13.2 Å². The lowest BCUT2D eigenvalue weighted by Gasteiger charge is -1.98. The van der Waals surface area contributed by atoms with Crippen LogP contribution in [0.25, 0.3) is 0 Å². The molecule has 0 aliphatic carbocycles. The SMILES string of the molecule is CCC(=O)c1ccc(C[SH](=O)=O)nc1. The molecule has 0 N–H and O–H groups in total. The Bertz CT molecular complexity index is 387. The van der Waals surface area contributed by atoms with Gasteiger partial charge in [-0.2, -0.15) is 0 Å². The van der Waals surface area contributed by atoms with Crippen molar-refractivity contribution in [3.63, 3.8) is 0 Å². The summed E-state index contributed by atoms with van der Waals surface area (Å²) in [7, 11) is -2.45. The number of ketones is 1. The third kappa shape index (κ3) is 2.92. The summed E-state index contributed by atoms with van der Waals surface area (Å²) in [5, 5.41) is 0. The average Bonchev–Trinajstić information content (AvgIpc) is 2.17. The Hall–Kier alpha value is -1.23. The van der Waals surface area contributed by atoms with Gasteiger partial charge in [0, 0.05) is 18.2 Å². The van der Waals surface area contributed by atoms with Gasteiger partial charge < -0.3 is 0 Å². The molecule has 0 saturated carbocycles. The number of Topliss-reactive ketones (excluding diaryl/α,β-unsaturated/α-hetero) is 1. The van der Waals surface area contributed by atoms with E-state index in [4.69, 9.17) is 0 Å². The first kappa shape index (κ1) is 10.8. The predicted octanol–water partition coefficient (Wildman–Crippen LogP) is 0.786. The first-order valence-electron chi connectivity index (χ1n) is 4.23. The van der Waals surface area contributed by atoms with E-state index >= 15 is 0 Å². The first-order chi connectivity index (χ1) is 6.63. The van der Waals surface area contributed by atoms with Crippen LogP contribution in [0.3, 0.4) is 0 Å². The third-order valence-corrected chi connectivity index (χ3v) is 2.34. The van der Waals surface area contributed by atoms with E-state index in [2.05, 4.69) is 4.98 Å². The third-order valence-electron chi connectivity index (χ3n) is 1.76. The number of nitrogens with zero attached hydrogens (tertiary/aromatic N) is 1. The molecule has 1 heterocycles. The van der Waals surface area contributed by atoms with Crippen molar-refractivity contribution in [1.82, 2.24) is 4.98 Å². The van der Waals surface area contributed by atoms with Gasteiger partial charge >= 0.3 is 0 Å². The molecule has 5 heteroatoms. The average molecular weight is 213 g/mol. The van der Waals surface area contributed by atoms with Gasteiger partial charge in [-0.1, -0.05) is 6.92 Å². The van der Waals surface area contributed by atoms with E-state index in [0.29, 0.717) is 17.7 Å². The zero-order valence-corrected chi connectivity index (χ0v) is 8.66. The highest BCUT2D eigenvalue weighted by molar-refractivity contribution is 7.71. The standard InChI is InChI=1S/C9H11NO3S/c1-2-9(11)7-3-4-8(10-5-7)6-14(12)13/h3-5,14H,2,6H2,1H3. The van der Waals surface area contributed by atoms with Crippen LogP contribution in [0.2, 0.25) is 0 Å². The van der Waals surface area contributed by atoms with Crippen LogP contribution in [0.15, 0.2) is 18.3 Å². The highest BCUT2D eigenvalue weighted by Gasteiger charge is 2.03. The molecule has 0 bridgehead atoms. The second-order valence-corrected chi connectivity index (χ2v) is 3.79. The van der Waals surface area contributed by atoms with E-state index in [1.165, 1.54) is 6.20 Å². The van der Waals surface area contributed by atoms with E-state index in [0.717, 1.165) is 0 Å². The van der Waals surface area contributed by atoms with Crippen LogP contribution in [-0.2, 0) is 16.5 Å². The molecule has 0 aliphatic rings. The van der Waals surface area contributed by atoms with Gasteiger partial charge in [0.05, 0.1) is 11.4 Å². The van der Waals surface area contributed by atoms with Gasteiger partial charge in [-0.25, -0.2) is 8.42 Å². The molecule has 1 aromatic rings. The van der Waals surface area contributed by atoms with Crippen LogP contribution >= 0.6 is 0 Å². The lowest BCUT2D eigenvalue weighted by atomic mass is 10.1. The van der Waals surface area contributed by atoms with Gasteiger partial charge in [0.2, 0.25) is 0 Å². The minimum absolute atomic E-state index is 0.00978. The lowest BCUT2D eigenvalue weighted by Crippen LogP contribution is -1.99. The Morgan fingerprint density at radius 1 is 1.43 bits per heavy atom. The predicted molar refractivity (Wildman–Crippen MR) is 52.9 cm³/mol. The molecule has 4 nitrogen and oxygen atoms in total. The van der Waals surface area contributed by atoms with Crippen molar-refractivity contribution in [2.75, 3.05) is 0 Å². The van der Waals surface area contributed by atoms with Crippen LogP contribution in [-0.4, -0.2) is 19.2 Å². The molecule has 1 rings (SSSR count). The van der Waals surface area contributed by atoms with Crippen LogP contribution in [0.5, 0.6) is 0 Å². The van der Waals surface area contributed by atoms with E-state index in [-0.39, 0.29) is 11.5 Å². The molecule has 0 aliphatic heterocycles. The molecule has 0 aromatic carbocycles. The summed E-state index contributed by atoms with van der Waals surface area (Å²) in [5.74, 6) is -0.0637. The molecule has 0 spiro atoms. The summed E-state index contributed by atoms with van der Waals surface area (Å²) in [6.07, 6.45) is 1.84. The maximum Gasteiger partial charge on any atom is 0.164 e. The van der Waals surface area contributed by atoms with Crippen molar-refractivity contribution in [2.24, 2.45) is 0 Å². The Balaban J connectivity index is 2.83. The first-order valence-corrected chi connectivity index (χ1v) is 5.59. The number of rotatable bonds is 4. The molecule has 0 amide bonds. The summed E-state index contributed by atoms with van der Waals surface area (Å²) in [4.78, 5) is 15.1. The molecule has 0 atom stereocenters. The second-order valence-electron chi connectivity index (χ2n) is 2.81. The molecule has 0 unspecified atom stereocenters. The van der Waals surface area contributed by atoms with Crippen molar-refractivity contribution in [3.8, 4) is 0 Å². The minimum atomic E-state index is -2.45. The summed E-state index contributed by atoms with van der Waals surface area (Å²) < 4.78 is 20.7. The molecule has 1 aromatic heterocycles. The van der Waals surface area contributed by atoms with Gasteiger partial charge in [0.1, 0.15) is 10.7 Å². The topological polar surface area (TPSA) is 64.1 Å². The normalized spacial score (nSPS) is 10.4. The number of aromatic nitrogens is 1. The Morgan fingerprint density at radius 2 is 2.14 bits per heavy atom. The van der Waals surface area contributed by atoms with Crippen LogP contribution in [0.1, 0.15) is 29.4 Å². The Kier molecular flexibility index (Phi) is 3.76. The van der Waals surface area contributed by atoms with Crippen LogP contribution in [0.4, 0.5) is 0 Å². The maximum absolute atomic E-state index is 11.2. The fraction of sp³-hybridized carbons (Fsp3) is 0.333. The van der Waals surface area contributed by atoms with Gasteiger partial charge in [0.15, 0.2) is 5.78 Å². The smallest absolute Gasteiger partial charge is 0.164 e. The van der Waals surface area contributed by atoms with Crippen molar-refractivity contribution in [3.05, 3.63) is 29.6 Å². The molecule has 76 valence electrons. The summed E-state index contributed by atoms with van der Waals surface area (Å²) in [6, 6.07) is 3.17. The molecule has 0 fully saturated rings. The Labute approximate surface area is 83.9 Å². The van der Waals surface area contributed by atoms with Crippen molar-refractivity contribution >= 4 is 16.5 Å². The van der Waals surface area contributed by atoms with Crippen molar-refractivity contribution in [1.29, 1.82) is 0 Å². The number of carbonyl (C=O) groups excluding carboxylic acids is 1. The minimum Gasteiger partial charge on any atom is -0.294 e. The summed E-state index contributed by atoms with van der Waals surface area (Å²) in [5.41, 5.74) is 0.992. The molecular weight excluding hydrogens is 202 g/mol. The molecule has 14 heavy (non-hydrogen) atoms. The summed E-state index contributed by atoms with van der Waals surface area (Å²) in [6.45, 7) is 1.77. The molecule has 0 radical (unpaired) electrons. The molecule has 0 saturated heterocycles. The number of hydrogen-bond acceptors (Lipinski definition) is 4.